The average molecular weight is 386 g/mol. The van der Waals surface area contributed by atoms with Crippen molar-refractivity contribution in [3.8, 4) is 0 Å². The van der Waals surface area contributed by atoms with Crippen LogP contribution in [0.1, 0.15) is 30.1 Å². The van der Waals surface area contributed by atoms with Crippen molar-refractivity contribution in [3.63, 3.8) is 0 Å². The van der Waals surface area contributed by atoms with Gasteiger partial charge in [-0.1, -0.05) is 13.3 Å². The van der Waals surface area contributed by atoms with Crippen LogP contribution in [0.2, 0.25) is 0 Å². The molecule has 9 heteroatoms. The summed E-state index contributed by atoms with van der Waals surface area (Å²) < 4.78 is 66.2. The van der Waals surface area contributed by atoms with Crippen molar-refractivity contribution in [2.45, 2.75) is 24.7 Å². The Labute approximate surface area is 149 Å². The van der Waals surface area contributed by atoms with Crippen LogP contribution in [-0.2, 0) is 10.0 Å². The lowest BCUT2D eigenvalue weighted by molar-refractivity contribution is 0.102. The lowest BCUT2D eigenvalue weighted by Crippen LogP contribution is -2.24. The molecule has 0 radical (unpaired) electrons. The van der Waals surface area contributed by atoms with Crippen LogP contribution < -0.4 is 10.0 Å². The second kappa shape index (κ2) is 8.33. The van der Waals surface area contributed by atoms with Gasteiger partial charge in [0.25, 0.3) is 5.91 Å². The van der Waals surface area contributed by atoms with E-state index in [1.54, 1.807) is 0 Å². The second-order valence-corrected chi connectivity index (χ2v) is 7.22. The molecule has 0 bridgehead atoms. The first-order valence-corrected chi connectivity index (χ1v) is 9.29. The standard InChI is InChI=1S/C17H17F3N2O3S/c1-2-3-10-21-26(24,25)12-6-4-11(5-7-12)17(23)22-14-9-8-13(18)15(19)16(14)20/h4-9,21H,2-3,10H2,1H3,(H,22,23). The molecule has 0 aliphatic heterocycles. The number of amides is 1. The molecule has 2 aromatic carbocycles. The Hall–Kier alpha value is -2.39. The topological polar surface area (TPSA) is 75.3 Å². The van der Waals surface area contributed by atoms with Crippen LogP contribution in [0.4, 0.5) is 18.9 Å². The zero-order chi connectivity index (χ0) is 19.3. The first kappa shape index (κ1) is 19.9. The number of sulfonamides is 1. The molecule has 0 heterocycles. The van der Waals surface area contributed by atoms with Gasteiger partial charge in [0, 0.05) is 12.1 Å². The molecule has 0 aliphatic carbocycles. The summed E-state index contributed by atoms with van der Waals surface area (Å²) in [5, 5.41) is 2.11. The van der Waals surface area contributed by atoms with E-state index >= 15 is 0 Å². The van der Waals surface area contributed by atoms with Gasteiger partial charge in [-0.25, -0.2) is 26.3 Å². The van der Waals surface area contributed by atoms with Crippen molar-refractivity contribution in [1.82, 2.24) is 4.72 Å². The predicted molar refractivity (Wildman–Crippen MR) is 90.8 cm³/mol. The van der Waals surface area contributed by atoms with Gasteiger partial charge in [-0.05, 0) is 42.8 Å². The molecule has 0 aliphatic rings. The predicted octanol–water partition coefficient (Wildman–Crippen LogP) is 3.43. The normalized spacial score (nSPS) is 11.4. The molecule has 0 saturated carbocycles. The summed E-state index contributed by atoms with van der Waals surface area (Å²) >= 11 is 0. The van der Waals surface area contributed by atoms with Gasteiger partial charge in [-0.2, -0.15) is 0 Å². The molecule has 140 valence electrons. The minimum Gasteiger partial charge on any atom is -0.319 e. The number of hydrogen-bond acceptors (Lipinski definition) is 3. The molecule has 5 nitrogen and oxygen atoms in total. The second-order valence-electron chi connectivity index (χ2n) is 5.45. The summed E-state index contributed by atoms with van der Waals surface area (Å²) in [7, 11) is -3.68. The zero-order valence-corrected chi connectivity index (χ0v) is 14.7. The van der Waals surface area contributed by atoms with E-state index in [0.29, 0.717) is 19.0 Å². The van der Waals surface area contributed by atoms with Crippen LogP contribution >= 0.6 is 0 Å². The molecule has 0 fully saturated rings. The Morgan fingerprint density at radius 3 is 2.27 bits per heavy atom. The molecule has 1 amide bonds. The van der Waals surface area contributed by atoms with Gasteiger partial charge in [-0.3, -0.25) is 4.79 Å². The Morgan fingerprint density at radius 2 is 1.65 bits per heavy atom. The Bertz CT molecular complexity index is 900. The number of halogens is 3. The van der Waals surface area contributed by atoms with E-state index in [1.165, 1.54) is 24.3 Å². The van der Waals surface area contributed by atoms with Gasteiger partial charge in [0.05, 0.1) is 10.6 Å². The van der Waals surface area contributed by atoms with E-state index in [0.717, 1.165) is 12.5 Å². The van der Waals surface area contributed by atoms with Gasteiger partial charge in [0.1, 0.15) is 0 Å². The molecule has 0 atom stereocenters. The summed E-state index contributed by atoms with van der Waals surface area (Å²) in [4.78, 5) is 12.1. The maximum Gasteiger partial charge on any atom is 0.255 e. The van der Waals surface area contributed by atoms with Crippen molar-refractivity contribution in [2.24, 2.45) is 0 Å². The monoisotopic (exact) mass is 386 g/mol. The summed E-state index contributed by atoms with van der Waals surface area (Å²) in [6.07, 6.45) is 1.53. The van der Waals surface area contributed by atoms with Crippen molar-refractivity contribution in [3.05, 3.63) is 59.4 Å². The summed E-state index contributed by atoms with van der Waals surface area (Å²) in [6, 6.07) is 6.51. The lowest BCUT2D eigenvalue weighted by atomic mass is 10.2. The van der Waals surface area contributed by atoms with Crippen molar-refractivity contribution >= 4 is 21.6 Å². The van der Waals surface area contributed by atoms with Gasteiger partial charge in [-0.15, -0.1) is 0 Å². The molecule has 0 aromatic heterocycles. The first-order valence-electron chi connectivity index (χ1n) is 7.81. The van der Waals surface area contributed by atoms with Gasteiger partial charge >= 0.3 is 0 Å². The van der Waals surface area contributed by atoms with Crippen LogP contribution in [0.5, 0.6) is 0 Å². The molecular weight excluding hydrogens is 369 g/mol. The SMILES string of the molecule is CCCCNS(=O)(=O)c1ccc(C(=O)Nc2ccc(F)c(F)c2F)cc1. The molecule has 2 N–H and O–H groups in total. The average Bonchev–Trinajstić information content (AvgIpc) is 2.62. The highest BCUT2D eigenvalue weighted by Crippen LogP contribution is 2.20. The summed E-state index contributed by atoms with van der Waals surface area (Å²) in [5.41, 5.74) is -0.492. The number of hydrogen-bond donors (Lipinski definition) is 2. The quantitative estimate of drug-likeness (QED) is 0.565. The third-order valence-corrected chi connectivity index (χ3v) is 5.01. The number of carbonyl (C=O) groups is 1. The van der Waals surface area contributed by atoms with E-state index in [1.807, 2.05) is 6.92 Å². The maximum atomic E-state index is 13.6. The number of benzene rings is 2. The number of unbranched alkanes of at least 4 members (excludes halogenated alkanes) is 1. The molecule has 2 aromatic rings. The van der Waals surface area contributed by atoms with Gasteiger partial charge < -0.3 is 5.32 Å². The number of rotatable bonds is 7. The van der Waals surface area contributed by atoms with E-state index in [4.69, 9.17) is 0 Å². The van der Waals surface area contributed by atoms with E-state index in [9.17, 15) is 26.4 Å². The summed E-state index contributed by atoms with van der Waals surface area (Å²) in [5.74, 6) is -5.37. The smallest absolute Gasteiger partial charge is 0.255 e. The van der Waals surface area contributed by atoms with Crippen LogP contribution in [-0.4, -0.2) is 20.9 Å². The molecule has 26 heavy (non-hydrogen) atoms. The Morgan fingerprint density at radius 1 is 1.00 bits per heavy atom. The minimum absolute atomic E-state index is 0.0239. The zero-order valence-electron chi connectivity index (χ0n) is 13.9. The fourth-order valence-corrected chi connectivity index (χ4v) is 3.14. The molecule has 2 rings (SSSR count). The van der Waals surface area contributed by atoms with Crippen LogP contribution in [0, 0.1) is 17.5 Å². The van der Waals surface area contributed by atoms with Crippen molar-refractivity contribution in [2.75, 3.05) is 11.9 Å². The largest absolute Gasteiger partial charge is 0.319 e. The van der Waals surface area contributed by atoms with E-state index in [-0.39, 0.29) is 10.5 Å². The Kier molecular flexibility index (Phi) is 6.38. The lowest BCUT2D eigenvalue weighted by Gasteiger charge is -2.09. The molecule has 0 saturated heterocycles. The van der Waals surface area contributed by atoms with Crippen LogP contribution in [0.3, 0.4) is 0 Å². The maximum absolute atomic E-state index is 13.6. The first-order chi connectivity index (χ1) is 12.3. The third kappa shape index (κ3) is 4.61. The third-order valence-electron chi connectivity index (χ3n) is 3.53. The number of anilines is 1. The van der Waals surface area contributed by atoms with Crippen molar-refractivity contribution < 1.29 is 26.4 Å². The fraction of sp³-hybridized carbons (Fsp3) is 0.235. The van der Waals surface area contributed by atoms with E-state index in [2.05, 4.69) is 10.0 Å². The van der Waals surface area contributed by atoms with Gasteiger partial charge in [0.2, 0.25) is 10.0 Å². The minimum atomic E-state index is -3.68. The highest BCUT2D eigenvalue weighted by Gasteiger charge is 2.17. The number of carbonyl (C=O) groups excluding carboxylic acids is 1. The molecular formula is C17H17F3N2O3S. The highest BCUT2D eigenvalue weighted by molar-refractivity contribution is 7.89. The fourth-order valence-electron chi connectivity index (χ4n) is 2.07. The number of nitrogens with one attached hydrogen (secondary N) is 2. The van der Waals surface area contributed by atoms with Crippen LogP contribution in [0.25, 0.3) is 0 Å². The van der Waals surface area contributed by atoms with Crippen LogP contribution in [0.15, 0.2) is 41.3 Å². The molecule has 0 unspecified atom stereocenters. The Balaban J connectivity index is 2.13. The van der Waals surface area contributed by atoms with Gasteiger partial charge in [0.15, 0.2) is 17.5 Å². The highest BCUT2D eigenvalue weighted by atomic mass is 32.2. The van der Waals surface area contributed by atoms with Crippen molar-refractivity contribution in [1.29, 1.82) is 0 Å². The summed E-state index contributed by atoms with van der Waals surface area (Å²) in [6.45, 7) is 2.23. The molecule has 0 spiro atoms. The van der Waals surface area contributed by atoms with E-state index < -0.39 is 39.1 Å².